The van der Waals surface area contributed by atoms with Gasteiger partial charge in [-0.3, -0.25) is 0 Å². The van der Waals surface area contributed by atoms with Gasteiger partial charge in [-0.2, -0.15) is 0 Å². The molecule has 0 aliphatic rings. The predicted octanol–water partition coefficient (Wildman–Crippen LogP) is 21.5. The Morgan fingerprint density at radius 3 is 0.784 bits per heavy atom. The summed E-state index contributed by atoms with van der Waals surface area (Å²) in [5.41, 5.74) is 3.36. The van der Waals surface area contributed by atoms with Crippen LogP contribution >= 0.6 is 0 Å². The standard InChI is InChI=1S/C68H96N2O4/c1-5-9-13-17-21-25-29-37-49-71-65-53-41-33-35-43-55(53)67(73-51-39-31-27-23-19-15-11-7-3)61-57(65)45-47-59-63(61)69-60-48-46-58-62(64(60)70-59)68(74-52-40-32-28-24-20-16-12-8-4)56-44-36-34-42-54(56)66(58)72-50-38-30-26-22-18-14-10-6-2/h33-36,41-48H,5-32,37-40,49-52H2,1-4H3. The third-order valence-electron chi connectivity index (χ3n) is 15.5. The quantitative estimate of drug-likeness (QED) is 0.0217. The van der Waals surface area contributed by atoms with Crippen molar-refractivity contribution in [2.75, 3.05) is 26.4 Å². The first-order valence-electron chi connectivity index (χ1n) is 30.7. The van der Waals surface area contributed by atoms with E-state index in [1.54, 1.807) is 0 Å². The third kappa shape index (κ3) is 16.1. The zero-order chi connectivity index (χ0) is 51.4. The summed E-state index contributed by atoms with van der Waals surface area (Å²) in [5.74, 6) is 3.61. The number of rotatable bonds is 40. The van der Waals surface area contributed by atoms with Crippen LogP contribution in [0.1, 0.15) is 233 Å². The molecule has 0 radical (unpaired) electrons. The van der Waals surface area contributed by atoms with Gasteiger partial charge in [0.2, 0.25) is 0 Å². The van der Waals surface area contributed by atoms with Crippen LogP contribution in [-0.4, -0.2) is 36.4 Å². The SMILES string of the molecule is CCCCCCCCCCOc1c2ccccc2c(OCCCCCCCCCC)c2c1ccc1nc3c(ccc4c(OCCCCCCCCCC)c5ccccc5c(OCCCCCCCCCC)c43)nc12. The van der Waals surface area contributed by atoms with Gasteiger partial charge in [-0.15, -0.1) is 0 Å². The Bertz CT molecular complexity index is 2540. The minimum Gasteiger partial charge on any atom is -0.492 e. The highest BCUT2D eigenvalue weighted by atomic mass is 16.5. The first-order valence-corrected chi connectivity index (χ1v) is 30.7. The van der Waals surface area contributed by atoms with Crippen molar-refractivity contribution >= 4 is 65.2 Å². The van der Waals surface area contributed by atoms with Crippen LogP contribution in [0.3, 0.4) is 0 Å². The van der Waals surface area contributed by atoms with E-state index in [1.165, 1.54) is 180 Å². The van der Waals surface area contributed by atoms with E-state index in [0.29, 0.717) is 26.4 Å². The molecule has 0 aliphatic carbocycles. The molecule has 1 aromatic heterocycles. The van der Waals surface area contributed by atoms with E-state index in [4.69, 9.17) is 28.9 Å². The second-order valence-corrected chi connectivity index (χ2v) is 21.6. The van der Waals surface area contributed by atoms with Gasteiger partial charge >= 0.3 is 0 Å². The van der Waals surface area contributed by atoms with Gasteiger partial charge in [0.1, 0.15) is 34.0 Å². The minimum absolute atomic E-state index is 0.656. The average Bonchev–Trinajstić information content (AvgIpc) is 3.43. The van der Waals surface area contributed by atoms with Gasteiger partial charge in [0.05, 0.1) is 48.2 Å². The summed E-state index contributed by atoms with van der Waals surface area (Å²) in [5, 5.41) is 8.37. The van der Waals surface area contributed by atoms with E-state index in [2.05, 4.69) is 100 Å². The Morgan fingerprint density at radius 2 is 0.500 bits per heavy atom. The lowest BCUT2D eigenvalue weighted by Gasteiger charge is -2.20. The molecule has 402 valence electrons. The summed E-state index contributed by atoms with van der Waals surface area (Å²) in [6.45, 7) is 11.8. The Kier molecular flexibility index (Phi) is 25.0. The number of nitrogens with zero attached hydrogens (tertiary/aromatic N) is 2. The fourth-order valence-electron chi connectivity index (χ4n) is 11.2. The lowest BCUT2D eigenvalue weighted by Crippen LogP contribution is -2.04. The zero-order valence-electron chi connectivity index (χ0n) is 46.9. The van der Waals surface area contributed by atoms with Crippen molar-refractivity contribution in [3.8, 4) is 23.0 Å². The fraction of sp³-hybridized carbons (Fsp3) is 0.588. The van der Waals surface area contributed by atoms with E-state index in [0.717, 1.165) is 114 Å². The first-order chi connectivity index (χ1) is 36.7. The van der Waals surface area contributed by atoms with Crippen molar-refractivity contribution < 1.29 is 18.9 Å². The first kappa shape index (κ1) is 56.9. The molecule has 6 aromatic carbocycles. The van der Waals surface area contributed by atoms with Gasteiger partial charge in [0, 0.05) is 32.3 Å². The van der Waals surface area contributed by atoms with Gasteiger partial charge in [-0.1, -0.05) is 256 Å². The summed E-state index contributed by atoms with van der Waals surface area (Å²) >= 11 is 0. The largest absolute Gasteiger partial charge is 0.492 e. The molecule has 0 unspecified atom stereocenters. The monoisotopic (exact) mass is 1000 g/mol. The maximum absolute atomic E-state index is 7.02. The molecule has 0 bridgehead atoms. The van der Waals surface area contributed by atoms with Crippen molar-refractivity contribution in [2.45, 2.75) is 233 Å². The molecule has 0 saturated heterocycles. The van der Waals surface area contributed by atoms with Crippen LogP contribution in [0.2, 0.25) is 0 Å². The van der Waals surface area contributed by atoms with Crippen molar-refractivity contribution in [1.29, 1.82) is 0 Å². The topological polar surface area (TPSA) is 62.7 Å². The van der Waals surface area contributed by atoms with Crippen molar-refractivity contribution in [3.63, 3.8) is 0 Å². The molecule has 1 heterocycles. The molecule has 0 aliphatic heterocycles. The van der Waals surface area contributed by atoms with E-state index in [1.807, 2.05) is 0 Å². The highest BCUT2D eigenvalue weighted by molar-refractivity contribution is 6.22. The van der Waals surface area contributed by atoms with Gasteiger partial charge in [-0.05, 0) is 49.9 Å². The number of hydrogen-bond donors (Lipinski definition) is 0. The molecule has 7 aromatic rings. The van der Waals surface area contributed by atoms with Crippen molar-refractivity contribution in [2.24, 2.45) is 0 Å². The lowest BCUT2D eigenvalue weighted by molar-refractivity contribution is 0.306. The third-order valence-corrected chi connectivity index (χ3v) is 15.5. The second kappa shape index (κ2) is 32.6. The molecule has 0 N–H and O–H groups in total. The van der Waals surface area contributed by atoms with Crippen LogP contribution in [0.25, 0.3) is 65.2 Å². The fourth-order valence-corrected chi connectivity index (χ4v) is 11.2. The second-order valence-electron chi connectivity index (χ2n) is 21.6. The van der Waals surface area contributed by atoms with Gasteiger partial charge in [-0.25, -0.2) is 9.97 Å². The molecule has 0 amide bonds. The highest BCUT2D eigenvalue weighted by Gasteiger charge is 2.24. The summed E-state index contributed by atoms with van der Waals surface area (Å²) in [4.78, 5) is 11.3. The van der Waals surface area contributed by atoms with Crippen LogP contribution in [0, 0.1) is 0 Å². The van der Waals surface area contributed by atoms with E-state index >= 15 is 0 Å². The van der Waals surface area contributed by atoms with Crippen LogP contribution in [0.15, 0.2) is 72.8 Å². The number of benzene rings is 6. The Labute approximate surface area is 447 Å². The van der Waals surface area contributed by atoms with E-state index < -0.39 is 0 Å². The normalized spacial score (nSPS) is 11.8. The smallest absolute Gasteiger partial charge is 0.137 e. The maximum atomic E-state index is 7.02. The summed E-state index contributed by atoms with van der Waals surface area (Å²) in [7, 11) is 0. The molecule has 74 heavy (non-hydrogen) atoms. The minimum atomic E-state index is 0.656. The Morgan fingerprint density at radius 1 is 0.257 bits per heavy atom. The molecule has 0 saturated carbocycles. The molecule has 6 nitrogen and oxygen atoms in total. The summed E-state index contributed by atoms with van der Waals surface area (Å²) in [6.07, 6.45) is 40.3. The molecule has 6 heteroatoms. The van der Waals surface area contributed by atoms with E-state index in [-0.39, 0.29) is 0 Å². The van der Waals surface area contributed by atoms with Crippen LogP contribution in [0.4, 0.5) is 0 Å². The average molecular weight is 1010 g/mol. The number of fused-ring (bicyclic) bond motifs is 8. The van der Waals surface area contributed by atoms with Gasteiger partial charge in [0.15, 0.2) is 0 Å². The lowest BCUT2D eigenvalue weighted by atomic mass is 9.97. The van der Waals surface area contributed by atoms with Crippen LogP contribution < -0.4 is 18.9 Å². The summed E-state index contributed by atoms with van der Waals surface area (Å²) < 4.78 is 27.9. The number of ether oxygens (including phenoxy) is 4. The van der Waals surface area contributed by atoms with Crippen molar-refractivity contribution in [1.82, 2.24) is 9.97 Å². The summed E-state index contributed by atoms with van der Waals surface area (Å²) in [6, 6.07) is 26.1. The van der Waals surface area contributed by atoms with Crippen molar-refractivity contribution in [3.05, 3.63) is 72.8 Å². The molecular formula is C68H96N2O4. The van der Waals surface area contributed by atoms with Crippen LogP contribution in [0.5, 0.6) is 23.0 Å². The zero-order valence-corrected chi connectivity index (χ0v) is 46.9. The number of unbranched alkanes of at least 4 members (excludes halogenated alkanes) is 28. The van der Waals surface area contributed by atoms with Gasteiger partial charge < -0.3 is 18.9 Å². The molecule has 0 atom stereocenters. The van der Waals surface area contributed by atoms with E-state index in [9.17, 15) is 0 Å². The molecule has 7 rings (SSSR count). The molecule has 0 fully saturated rings. The molecule has 0 spiro atoms. The Hall–Kier alpha value is -4.84. The Balaban J connectivity index is 1.27. The highest BCUT2D eigenvalue weighted by Crippen LogP contribution is 2.48. The predicted molar refractivity (Wildman–Crippen MR) is 319 cm³/mol. The number of hydrogen-bond acceptors (Lipinski definition) is 6. The maximum Gasteiger partial charge on any atom is 0.137 e. The van der Waals surface area contributed by atoms with Crippen LogP contribution in [-0.2, 0) is 0 Å². The van der Waals surface area contributed by atoms with Gasteiger partial charge in [0.25, 0.3) is 0 Å². The molecular weight excluding hydrogens is 909 g/mol. The number of aromatic nitrogens is 2.